The summed E-state index contributed by atoms with van der Waals surface area (Å²) in [4.78, 5) is 11.8. The van der Waals surface area contributed by atoms with Gasteiger partial charge in [-0.15, -0.1) is 0 Å². The van der Waals surface area contributed by atoms with Crippen LogP contribution in [-0.4, -0.2) is 25.6 Å². The van der Waals surface area contributed by atoms with E-state index >= 15 is 0 Å². The molecule has 0 aliphatic heterocycles. The van der Waals surface area contributed by atoms with Crippen LogP contribution in [0.5, 0.6) is 5.75 Å². The van der Waals surface area contributed by atoms with Gasteiger partial charge in [-0.05, 0) is 32.0 Å². The van der Waals surface area contributed by atoms with E-state index in [1.165, 1.54) is 12.8 Å². The summed E-state index contributed by atoms with van der Waals surface area (Å²) in [5.41, 5.74) is 0.727. The van der Waals surface area contributed by atoms with Crippen LogP contribution in [0.2, 0.25) is 0 Å². The van der Waals surface area contributed by atoms with E-state index in [0.29, 0.717) is 18.9 Å². The zero-order chi connectivity index (χ0) is 13.9. The van der Waals surface area contributed by atoms with Gasteiger partial charge in [0.1, 0.15) is 5.75 Å². The summed E-state index contributed by atoms with van der Waals surface area (Å²) in [6, 6.07) is 7.48. The van der Waals surface area contributed by atoms with Gasteiger partial charge < -0.3 is 15.4 Å². The number of amides is 1. The molecular weight excluding hydrogens is 240 g/mol. The summed E-state index contributed by atoms with van der Waals surface area (Å²) < 4.78 is 5.46. The van der Waals surface area contributed by atoms with Crippen LogP contribution in [0.25, 0.3) is 0 Å². The van der Waals surface area contributed by atoms with E-state index in [9.17, 15) is 4.79 Å². The summed E-state index contributed by atoms with van der Waals surface area (Å²) in [6.07, 6.45) is 3.50. The van der Waals surface area contributed by atoms with Gasteiger partial charge in [0.2, 0.25) is 5.91 Å². The van der Waals surface area contributed by atoms with Crippen molar-refractivity contribution in [1.82, 2.24) is 5.32 Å². The second-order valence-electron chi connectivity index (χ2n) is 4.36. The summed E-state index contributed by atoms with van der Waals surface area (Å²) in [6.45, 7) is 5.89. The first kappa shape index (κ1) is 15.5. The average Bonchev–Trinajstić information content (AvgIpc) is 2.41. The highest BCUT2D eigenvalue weighted by atomic mass is 16.5. The van der Waals surface area contributed by atoms with Crippen LogP contribution in [0, 0.1) is 0 Å². The Labute approximate surface area is 115 Å². The number of carbonyl (C=O) groups is 1. The number of para-hydroxylation sites is 2. The maximum atomic E-state index is 11.8. The van der Waals surface area contributed by atoms with Gasteiger partial charge in [-0.25, -0.2) is 0 Å². The maximum Gasteiger partial charge on any atom is 0.238 e. The molecule has 0 aliphatic rings. The molecule has 0 aliphatic carbocycles. The molecule has 1 amide bonds. The first-order chi connectivity index (χ1) is 9.27. The Morgan fingerprint density at radius 3 is 2.74 bits per heavy atom. The molecule has 0 radical (unpaired) electrons. The van der Waals surface area contributed by atoms with Crippen molar-refractivity contribution >= 4 is 11.6 Å². The van der Waals surface area contributed by atoms with Crippen molar-refractivity contribution in [3.8, 4) is 5.75 Å². The molecule has 0 spiro atoms. The molecule has 0 saturated heterocycles. The third kappa shape index (κ3) is 6.25. The highest BCUT2D eigenvalue weighted by Crippen LogP contribution is 2.23. The lowest BCUT2D eigenvalue weighted by Crippen LogP contribution is -2.28. The number of hydrogen-bond donors (Lipinski definition) is 2. The van der Waals surface area contributed by atoms with Crippen LogP contribution in [0.4, 0.5) is 5.69 Å². The van der Waals surface area contributed by atoms with Gasteiger partial charge in [-0.3, -0.25) is 4.79 Å². The van der Waals surface area contributed by atoms with Gasteiger partial charge in [0.15, 0.2) is 0 Å². The van der Waals surface area contributed by atoms with Crippen molar-refractivity contribution in [2.45, 2.75) is 33.1 Å². The topological polar surface area (TPSA) is 50.4 Å². The highest BCUT2D eigenvalue weighted by Gasteiger charge is 2.06. The van der Waals surface area contributed by atoms with Crippen LogP contribution in [0.15, 0.2) is 24.3 Å². The van der Waals surface area contributed by atoms with Crippen molar-refractivity contribution in [2.24, 2.45) is 0 Å². The third-order valence-electron chi connectivity index (χ3n) is 2.70. The molecule has 106 valence electrons. The molecule has 1 aromatic carbocycles. The Morgan fingerprint density at radius 1 is 1.21 bits per heavy atom. The van der Waals surface area contributed by atoms with Crippen LogP contribution in [-0.2, 0) is 4.79 Å². The fourth-order valence-corrected chi connectivity index (χ4v) is 1.75. The first-order valence-corrected chi connectivity index (χ1v) is 7.00. The Balaban J connectivity index is 2.35. The fourth-order valence-electron chi connectivity index (χ4n) is 1.75. The van der Waals surface area contributed by atoms with Crippen LogP contribution >= 0.6 is 0 Å². The zero-order valence-electron chi connectivity index (χ0n) is 11.9. The highest BCUT2D eigenvalue weighted by molar-refractivity contribution is 5.93. The molecule has 0 fully saturated rings. The lowest BCUT2D eigenvalue weighted by atomic mass is 10.2. The monoisotopic (exact) mass is 264 g/mol. The number of ether oxygens (including phenoxy) is 1. The molecule has 0 unspecified atom stereocenters. The standard InChI is InChI=1S/C15H24N2O2/c1-3-5-8-11-16-12-15(18)17-13-9-6-7-10-14(13)19-4-2/h6-7,9-10,16H,3-5,8,11-12H2,1-2H3,(H,17,18). The summed E-state index contributed by atoms with van der Waals surface area (Å²) in [5, 5.41) is 6.00. The minimum absolute atomic E-state index is 0.0383. The molecule has 0 atom stereocenters. The lowest BCUT2D eigenvalue weighted by Gasteiger charge is -2.11. The second-order valence-corrected chi connectivity index (χ2v) is 4.36. The molecule has 0 saturated carbocycles. The van der Waals surface area contributed by atoms with E-state index in [1.54, 1.807) is 0 Å². The number of anilines is 1. The van der Waals surface area contributed by atoms with Gasteiger partial charge in [-0.1, -0.05) is 31.9 Å². The molecule has 1 aromatic rings. The zero-order valence-corrected chi connectivity index (χ0v) is 11.9. The van der Waals surface area contributed by atoms with E-state index in [1.807, 2.05) is 31.2 Å². The normalized spacial score (nSPS) is 10.2. The van der Waals surface area contributed by atoms with Crippen LogP contribution in [0.3, 0.4) is 0 Å². The van der Waals surface area contributed by atoms with E-state index in [2.05, 4.69) is 17.6 Å². The maximum absolute atomic E-state index is 11.8. The molecule has 0 bridgehead atoms. The van der Waals surface area contributed by atoms with Crippen molar-refractivity contribution in [3.05, 3.63) is 24.3 Å². The largest absolute Gasteiger partial charge is 0.492 e. The Hall–Kier alpha value is -1.55. The van der Waals surface area contributed by atoms with E-state index in [-0.39, 0.29) is 5.91 Å². The summed E-state index contributed by atoms with van der Waals surface area (Å²) >= 11 is 0. The smallest absolute Gasteiger partial charge is 0.238 e. The van der Waals surface area contributed by atoms with Crippen molar-refractivity contribution in [2.75, 3.05) is 25.0 Å². The fraction of sp³-hybridized carbons (Fsp3) is 0.533. The molecule has 4 heteroatoms. The van der Waals surface area contributed by atoms with Gasteiger partial charge >= 0.3 is 0 Å². The second kappa shape index (κ2) is 9.39. The first-order valence-electron chi connectivity index (χ1n) is 7.00. The van der Waals surface area contributed by atoms with Crippen LogP contribution in [0.1, 0.15) is 33.1 Å². The molecule has 4 nitrogen and oxygen atoms in total. The number of rotatable bonds is 9. The van der Waals surface area contributed by atoms with Crippen molar-refractivity contribution < 1.29 is 9.53 Å². The SMILES string of the molecule is CCCCCNCC(=O)Nc1ccccc1OCC. The minimum Gasteiger partial charge on any atom is -0.492 e. The molecular formula is C15H24N2O2. The van der Waals surface area contributed by atoms with Gasteiger partial charge in [0, 0.05) is 0 Å². The Kier molecular flexibility index (Phi) is 7.66. The number of benzene rings is 1. The number of unbranched alkanes of at least 4 members (excludes halogenated alkanes) is 2. The molecule has 1 rings (SSSR count). The van der Waals surface area contributed by atoms with Crippen LogP contribution < -0.4 is 15.4 Å². The lowest BCUT2D eigenvalue weighted by molar-refractivity contribution is -0.115. The summed E-state index contributed by atoms with van der Waals surface area (Å²) in [5.74, 6) is 0.674. The predicted molar refractivity (Wildman–Crippen MR) is 78.6 cm³/mol. The molecule has 19 heavy (non-hydrogen) atoms. The number of carbonyl (C=O) groups excluding carboxylic acids is 1. The van der Waals surface area contributed by atoms with Gasteiger partial charge in [0.25, 0.3) is 0 Å². The van der Waals surface area contributed by atoms with Gasteiger partial charge in [-0.2, -0.15) is 0 Å². The average molecular weight is 264 g/mol. The third-order valence-corrected chi connectivity index (χ3v) is 2.70. The van der Waals surface area contributed by atoms with Crippen molar-refractivity contribution in [3.63, 3.8) is 0 Å². The predicted octanol–water partition coefficient (Wildman–Crippen LogP) is 2.80. The molecule has 2 N–H and O–H groups in total. The van der Waals surface area contributed by atoms with E-state index < -0.39 is 0 Å². The number of hydrogen-bond acceptors (Lipinski definition) is 3. The summed E-state index contributed by atoms with van der Waals surface area (Å²) in [7, 11) is 0. The quantitative estimate of drug-likeness (QED) is 0.674. The Morgan fingerprint density at radius 2 is 2.00 bits per heavy atom. The Bertz CT molecular complexity index is 380. The minimum atomic E-state index is -0.0383. The molecule has 0 aromatic heterocycles. The molecule has 0 heterocycles. The van der Waals surface area contributed by atoms with Gasteiger partial charge in [0.05, 0.1) is 18.8 Å². The number of nitrogens with one attached hydrogen (secondary N) is 2. The van der Waals surface area contributed by atoms with E-state index in [4.69, 9.17) is 4.74 Å². The van der Waals surface area contributed by atoms with Crippen molar-refractivity contribution in [1.29, 1.82) is 0 Å². The van der Waals surface area contributed by atoms with E-state index in [0.717, 1.165) is 18.7 Å².